The monoisotopic (exact) mass is 358 g/mol. The van der Waals surface area contributed by atoms with Gasteiger partial charge in [-0.3, -0.25) is 9.78 Å². The minimum absolute atomic E-state index is 0.162. The fraction of sp³-hybridized carbons (Fsp3) is 0.400. The summed E-state index contributed by atoms with van der Waals surface area (Å²) >= 11 is 0. The number of nitrogens with one attached hydrogen (secondary N) is 1. The van der Waals surface area contributed by atoms with Gasteiger partial charge in [0.2, 0.25) is 5.91 Å². The Morgan fingerprint density at radius 1 is 1.23 bits per heavy atom. The molecule has 0 spiro atoms. The van der Waals surface area contributed by atoms with Crippen LogP contribution in [0.25, 0.3) is 0 Å². The van der Waals surface area contributed by atoms with Crippen LogP contribution in [-0.2, 0) is 4.79 Å². The molecule has 136 valence electrons. The van der Waals surface area contributed by atoms with Crippen LogP contribution in [0.4, 0.5) is 14.5 Å². The summed E-state index contributed by atoms with van der Waals surface area (Å²) < 4.78 is 34.2. The molecule has 1 heterocycles. The first kappa shape index (κ1) is 16.9. The molecule has 2 aromatic rings. The van der Waals surface area contributed by atoms with Crippen molar-refractivity contribution in [2.24, 2.45) is 11.3 Å². The van der Waals surface area contributed by atoms with Crippen LogP contribution in [0.15, 0.2) is 48.8 Å². The smallest absolute Gasteiger partial charge is 0.258 e. The third-order valence-electron chi connectivity index (χ3n) is 5.55. The number of carbonyl (C=O) groups is 1. The number of hydrogen-bond donors (Lipinski definition) is 1. The standard InChI is InChI=1S/C20H20F2N2O2/c21-20(22)17-8-4-5-10-19(17,20)12-18(25)24-15-13-23-11-9-16(15)26-14-6-2-1-3-7-14/h1-3,6-7,9,11,13,17H,4-5,8,10,12H2,(H,24,25). The van der Waals surface area contributed by atoms with E-state index in [2.05, 4.69) is 10.3 Å². The molecular weight excluding hydrogens is 338 g/mol. The topological polar surface area (TPSA) is 51.2 Å². The number of aromatic nitrogens is 1. The number of carbonyl (C=O) groups excluding carboxylic acids is 1. The van der Waals surface area contributed by atoms with Gasteiger partial charge < -0.3 is 10.1 Å². The van der Waals surface area contributed by atoms with E-state index < -0.39 is 23.2 Å². The van der Waals surface area contributed by atoms with Gasteiger partial charge in [-0.15, -0.1) is 0 Å². The minimum atomic E-state index is -2.72. The van der Waals surface area contributed by atoms with Crippen LogP contribution in [0.2, 0.25) is 0 Å². The van der Waals surface area contributed by atoms with Crippen molar-refractivity contribution in [2.45, 2.75) is 38.0 Å². The number of anilines is 1. The van der Waals surface area contributed by atoms with Gasteiger partial charge in [0, 0.05) is 24.6 Å². The van der Waals surface area contributed by atoms with E-state index in [4.69, 9.17) is 4.74 Å². The molecule has 0 bridgehead atoms. The van der Waals surface area contributed by atoms with Gasteiger partial charge in [0.15, 0.2) is 5.75 Å². The second kappa shape index (κ2) is 6.34. The molecule has 1 N–H and O–H groups in total. The Morgan fingerprint density at radius 3 is 2.81 bits per heavy atom. The lowest BCUT2D eigenvalue weighted by atomic mass is 9.85. The normalized spacial score (nSPS) is 25.8. The highest BCUT2D eigenvalue weighted by Gasteiger charge is 2.80. The highest BCUT2D eigenvalue weighted by molar-refractivity contribution is 5.93. The fourth-order valence-corrected chi connectivity index (χ4v) is 4.17. The number of nitrogens with zero attached hydrogens (tertiary/aromatic N) is 1. The lowest BCUT2D eigenvalue weighted by Crippen LogP contribution is -2.23. The van der Waals surface area contributed by atoms with Gasteiger partial charge in [-0.1, -0.05) is 31.0 Å². The number of amides is 1. The van der Waals surface area contributed by atoms with Crippen LogP contribution in [0.5, 0.6) is 11.5 Å². The number of para-hydroxylation sites is 1. The Balaban J connectivity index is 1.47. The average molecular weight is 358 g/mol. The van der Waals surface area contributed by atoms with Gasteiger partial charge in [0.1, 0.15) is 11.4 Å². The third-order valence-corrected chi connectivity index (χ3v) is 5.55. The molecule has 6 heteroatoms. The molecule has 4 nitrogen and oxygen atoms in total. The highest BCUT2D eigenvalue weighted by Crippen LogP contribution is 2.73. The maximum Gasteiger partial charge on any atom is 0.258 e. The summed E-state index contributed by atoms with van der Waals surface area (Å²) in [6.07, 6.45) is 5.37. The molecule has 2 saturated carbocycles. The quantitative estimate of drug-likeness (QED) is 0.816. The van der Waals surface area contributed by atoms with E-state index in [0.717, 1.165) is 12.8 Å². The summed E-state index contributed by atoms with van der Waals surface area (Å²) in [5.74, 6) is -2.74. The molecule has 2 fully saturated rings. The maximum atomic E-state index is 14.2. The summed E-state index contributed by atoms with van der Waals surface area (Å²) in [7, 11) is 0. The van der Waals surface area contributed by atoms with Crippen LogP contribution in [0.3, 0.4) is 0 Å². The van der Waals surface area contributed by atoms with Gasteiger partial charge in [0.25, 0.3) is 5.92 Å². The second-order valence-electron chi connectivity index (χ2n) is 7.09. The lowest BCUT2D eigenvalue weighted by molar-refractivity contribution is -0.118. The first-order valence-corrected chi connectivity index (χ1v) is 8.87. The summed E-state index contributed by atoms with van der Waals surface area (Å²) in [5, 5.41) is 2.71. The minimum Gasteiger partial charge on any atom is -0.455 e. The number of benzene rings is 1. The summed E-state index contributed by atoms with van der Waals surface area (Å²) in [4.78, 5) is 16.5. The third kappa shape index (κ3) is 2.83. The molecule has 2 aliphatic rings. The van der Waals surface area contributed by atoms with Crippen molar-refractivity contribution in [3.05, 3.63) is 48.8 Å². The molecular formula is C20H20F2N2O2. The highest BCUT2D eigenvalue weighted by atomic mass is 19.3. The predicted molar refractivity (Wildman–Crippen MR) is 93.3 cm³/mol. The van der Waals surface area contributed by atoms with Crippen LogP contribution in [-0.4, -0.2) is 16.8 Å². The molecule has 0 saturated heterocycles. The van der Waals surface area contributed by atoms with Crippen molar-refractivity contribution in [1.82, 2.24) is 4.98 Å². The zero-order valence-electron chi connectivity index (χ0n) is 14.3. The number of halogens is 2. The molecule has 2 aliphatic carbocycles. The van der Waals surface area contributed by atoms with Crippen molar-refractivity contribution < 1.29 is 18.3 Å². The van der Waals surface area contributed by atoms with E-state index in [0.29, 0.717) is 30.0 Å². The second-order valence-corrected chi connectivity index (χ2v) is 7.09. The van der Waals surface area contributed by atoms with Crippen molar-refractivity contribution in [3.8, 4) is 11.5 Å². The van der Waals surface area contributed by atoms with Gasteiger partial charge >= 0.3 is 0 Å². The Kier molecular flexibility index (Phi) is 4.13. The molecule has 26 heavy (non-hydrogen) atoms. The zero-order chi connectivity index (χ0) is 18.2. The van der Waals surface area contributed by atoms with Gasteiger partial charge in [-0.05, 0) is 25.0 Å². The molecule has 4 rings (SSSR count). The van der Waals surface area contributed by atoms with Gasteiger partial charge in [0.05, 0.1) is 11.6 Å². The zero-order valence-corrected chi connectivity index (χ0v) is 14.3. The first-order valence-electron chi connectivity index (χ1n) is 8.87. The first-order chi connectivity index (χ1) is 12.5. The van der Waals surface area contributed by atoms with E-state index in [1.54, 1.807) is 24.4 Å². The van der Waals surface area contributed by atoms with Crippen molar-refractivity contribution in [3.63, 3.8) is 0 Å². The SMILES string of the molecule is O=C(CC12CCCCC1C2(F)F)Nc1cnccc1Oc1ccccc1. The number of rotatable bonds is 5. The molecule has 1 aromatic heterocycles. The van der Waals surface area contributed by atoms with E-state index in [1.165, 1.54) is 6.20 Å². The number of ether oxygens (including phenoxy) is 1. The summed E-state index contributed by atoms with van der Waals surface area (Å²) in [5.41, 5.74) is -0.771. The number of pyridine rings is 1. The van der Waals surface area contributed by atoms with E-state index in [1.807, 2.05) is 18.2 Å². The maximum absolute atomic E-state index is 14.2. The number of fused-ring (bicyclic) bond motifs is 1. The van der Waals surface area contributed by atoms with Gasteiger partial charge in [-0.2, -0.15) is 0 Å². The predicted octanol–water partition coefficient (Wildman–Crippen LogP) is 5.03. The molecule has 1 aromatic carbocycles. The fourth-order valence-electron chi connectivity index (χ4n) is 4.17. The summed E-state index contributed by atoms with van der Waals surface area (Å²) in [6, 6.07) is 10.8. The Hall–Kier alpha value is -2.50. The average Bonchev–Trinajstić information content (AvgIpc) is 3.12. The van der Waals surface area contributed by atoms with Crippen LogP contribution >= 0.6 is 0 Å². The lowest BCUT2D eigenvalue weighted by Gasteiger charge is -2.20. The summed E-state index contributed by atoms with van der Waals surface area (Å²) in [6.45, 7) is 0. The van der Waals surface area contributed by atoms with E-state index in [-0.39, 0.29) is 6.42 Å². The largest absolute Gasteiger partial charge is 0.455 e. The van der Waals surface area contributed by atoms with E-state index >= 15 is 0 Å². The van der Waals surface area contributed by atoms with Crippen LogP contribution in [0, 0.1) is 11.3 Å². The number of hydrogen-bond acceptors (Lipinski definition) is 3. The van der Waals surface area contributed by atoms with Crippen molar-refractivity contribution in [2.75, 3.05) is 5.32 Å². The van der Waals surface area contributed by atoms with Gasteiger partial charge in [-0.25, -0.2) is 8.78 Å². The molecule has 2 atom stereocenters. The molecule has 1 amide bonds. The van der Waals surface area contributed by atoms with Crippen molar-refractivity contribution >= 4 is 11.6 Å². The molecule has 0 aliphatic heterocycles. The Labute approximate surface area is 150 Å². The molecule has 2 unspecified atom stereocenters. The Morgan fingerprint density at radius 2 is 2.04 bits per heavy atom. The van der Waals surface area contributed by atoms with Crippen LogP contribution < -0.4 is 10.1 Å². The number of alkyl halides is 2. The van der Waals surface area contributed by atoms with Crippen LogP contribution in [0.1, 0.15) is 32.1 Å². The Bertz CT molecular complexity index is 812. The van der Waals surface area contributed by atoms with E-state index in [9.17, 15) is 13.6 Å². The van der Waals surface area contributed by atoms with Crippen molar-refractivity contribution in [1.29, 1.82) is 0 Å². The molecule has 0 radical (unpaired) electrons.